The maximum Gasteiger partial charge on any atom is 0.143 e. The van der Waals surface area contributed by atoms with E-state index in [4.69, 9.17) is 21.4 Å². The Bertz CT molecular complexity index is 993. The van der Waals surface area contributed by atoms with Crippen molar-refractivity contribution in [3.05, 3.63) is 76.4 Å². The minimum Gasteiger partial charge on any atom is -0.391 e. The summed E-state index contributed by atoms with van der Waals surface area (Å²) in [6.07, 6.45) is 0.667. The molecule has 1 atom stereocenters. The molecule has 132 valence electrons. The van der Waals surface area contributed by atoms with Crippen molar-refractivity contribution in [1.29, 1.82) is 0 Å². The van der Waals surface area contributed by atoms with Gasteiger partial charge in [-0.15, -0.1) is 0 Å². The first-order chi connectivity index (χ1) is 12.4. The van der Waals surface area contributed by atoms with Gasteiger partial charge in [-0.2, -0.15) is 0 Å². The largest absolute Gasteiger partial charge is 0.391 e. The van der Waals surface area contributed by atoms with Crippen LogP contribution in [-0.2, 0) is 11.3 Å². The summed E-state index contributed by atoms with van der Waals surface area (Å²) in [5, 5.41) is 6.31. The fourth-order valence-corrected chi connectivity index (χ4v) is 3.68. The maximum atomic E-state index is 6.01. The van der Waals surface area contributed by atoms with Gasteiger partial charge in [0.25, 0.3) is 0 Å². The molecule has 0 radical (unpaired) electrons. The van der Waals surface area contributed by atoms with Crippen molar-refractivity contribution in [2.45, 2.75) is 33.3 Å². The summed E-state index contributed by atoms with van der Waals surface area (Å²) in [4.78, 5) is 10.7. The molecular formula is C22H21ClN2O. The molecule has 0 saturated heterocycles. The number of halogens is 1. The number of benzene rings is 2. The lowest BCUT2D eigenvalue weighted by Gasteiger charge is -2.26. The Kier molecular flexibility index (Phi) is 4.20. The molecule has 4 rings (SSSR count). The van der Waals surface area contributed by atoms with Crippen LogP contribution < -0.4 is 0 Å². The normalized spacial score (nSPS) is 18.6. The van der Waals surface area contributed by atoms with E-state index in [1.165, 1.54) is 10.9 Å². The average Bonchev–Trinajstić information content (AvgIpc) is 2.90. The lowest BCUT2D eigenvalue weighted by atomic mass is 9.77. The van der Waals surface area contributed by atoms with Gasteiger partial charge in [0.05, 0.1) is 16.6 Å². The van der Waals surface area contributed by atoms with Crippen molar-refractivity contribution in [3.63, 3.8) is 0 Å². The van der Waals surface area contributed by atoms with E-state index in [-0.39, 0.29) is 11.5 Å². The molecule has 3 aromatic rings. The third kappa shape index (κ3) is 2.97. The highest BCUT2D eigenvalue weighted by Gasteiger charge is 2.42. The molecule has 2 heterocycles. The summed E-state index contributed by atoms with van der Waals surface area (Å²) in [7, 11) is 0. The fraction of sp³-hybridized carbons (Fsp3) is 0.273. The van der Waals surface area contributed by atoms with Crippen LogP contribution in [0.1, 0.15) is 30.7 Å². The van der Waals surface area contributed by atoms with Crippen LogP contribution in [0.2, 0.25) is 5.02 Å². The zero-order chi connectivity index (χ0) is 18.3. The fourth-order valence-electron chi connectivity index (χ4n) is 3.56. The lowest BCUT2D eigenvalue weighted by Crippen LogP contribution is -2.35. The Morgan fingerprint density at radius 2 is 1.81 bits per heavy atom. The Morgan fingerprint density at radius 1 is 1.08 bits per heavy atom. The van der Waals surface area contributed by atoms with Crippen LogP contribution >= 0.6 is 11.6 Å². The van der Waals surface area contributed by atoms with Gasteiger partial charge in [0.1, 0.15) is 6.10 Å². The molecule has 2 aromatic carbocycles. The highest BCUT2D eigenvalue weighted by Crippen LogP contribution is 2.37. The second-order valence-electron chi connectivity index (χ2n) is 7.41. The Hall–Kier alpha value is -2.39. The van der Waals surface area contributed by atoms with Gasteiger partial charge in [0.2, 0.25) is 0 Å². The molecule has 1 aliphatic rings. The summed E-state index contributed by atoms with van der Waals surface area (Å²) < 4.78 is 0. The Balaban J connectivity index is 1.61. The second kappa shape index (κ2) is 6.40. The van der Waals surface area contributed by atoms with Crippen molar-refractivity contribution in [2.75, 3.05) is 0 Å². The van der Waals surface area contributed by atoms with Crippen LogP contribution in [0.3, 0.4) is 0 Å². The number of rotatable bonds is 3. The van der Waals surface area contributed by atoms with Crippen LogP contribution in [0.15, 0.2) is 59.8 Å². The summed E-state index contributed by atoms with van der Waals surface area (Å²) in [5.74, 6) is 0. The average molecular weight is 365 g/mol. The predicted octanol–water partition coefficient (Wildman–Crippen LogP) is 5.57. The van der Waals surface area contributed by atoms with Gasteiger partial charge in [-0.1, -0.05) is 60.9 Å². The topological polar surface area (TPSA) is 34.5 Å². The molecule has 0 bridgehead atoms. The number of aromatic nitrogens is 1. The number of aryl methyl sites for hydroxylation is 1. The minimum absolute atomic E-state index is 0.0544. The molecule has 0 N–H and O–H groups in total. The minimum atomic E-state index is -0.213. The highest BCUT2D eigenvalue weighted by molar-refractivity contribution is 6.30. The third-order valence-corrected chi connectivity index (χ3v) is 5.43. The monoisotopic (exact) mass is 364 g/mol. The molecule has 26 heavy (non-hydrogen) atoms. The van der Waals surface area contributed by atoms with E-state index < -0.39 is 0 Å². The number of para-hydroxylation sites is 1. The first-order valence-corrected chi connectivity index (χ1v) is 9.18. The standard InChI is InChI=1S/C22H21ClN2O/c1-14-12-17(24-19-7-5-4-6-18(14)19)13-20-22(2,3)21(25-26-20)15-8-10-16(23)11-9-15/h4-12,20H,13H2,1-3H3. The van der Waals surface area contributed by atoms with E-state index in [9.17, 15) is 0 Å². The van der Waals surface area contributed by atoms with E-state index in [2.05, 4.69) is 44.1 Å². The molecule has 1 unspecified atom stereocenters. The van der Waals surface area contributed by atoms with Gasteiger partial charge in [0, 0.05) is 28.1 Å². The number of pyridine rings is 1. The highest BCUT2D eigenvalue weighted by atomic mass is 35.5. The van der Waals surface area contributed by atoms with E-state index in [0.717, 1.165) is 33.9 Å². The smallest absolute Gasteiger partial charge is 0.143 e. The Morgan fingerprint density at radius 3 is 2.58 bits per heavy atom. The number of nitrogens with zero attached hydrogens (tertiary/aromatic N) is 2. The SMILES string of the molecule is Cc1cc(CC2ON=C(c3ccc(Cl)cc3)C2(C)C)nc2ccccc12. The lowest BCUT2D eigenvalue weighted by molar-refractivity contribution is 0.0365. The summed E-state index contributed by atoms with van der Waals surface area (Å²) in [5.41, 5.74) is 5.08. The van der Waals surface area contributed by atoms with Gasteiger partial charge in [-0.05, 0) is 36.8 Å². The van der Waals surface area contributed by atoms with E-state index in [1.807, 2.05) is 36.4 Å². The van der Waals surface area contributed by atoms with Crippen LogP contribution in [0, 0.1) is 12.3 Å². The van der Waals surface area contributed by atoms with Crippen molar-refractivity contribution < 1.29 is 4.84 Å². The van der Waals surface area contributed by atoms with Crippen molar-refractivity contribution in [1.82, 2.24) is 4.98 Å². The van der Waals surface area contributed by atoms with Crippen LogP contribution in [-0.4, -0.2) is 16.8 Å². The zero-order valence-corrected chi connectivity index (χ0v) is 15.9. The van der Waals surface area contributed by atoms with E-state index in [1.54, 1.807) is 0 Å². The van der Waals surface area contributed by atoms with Gasteiger partial charge < -0.3 is 4.84 Å². The third-order valence-electron chi connectivity index (χ3n) is 5.17. The second-order valence-corrected chi connectivity index (χ2v) is 7.85. The molecule has 3 nitrogen and oxygen atoms in total. The number of hydrogen-bond acceptors (Lipinski definition) is 3. The maximum absolute atomic E-state index is 6.01. The molecule has 4 heteroatoms. The van der Waals surface area contributed by atoms with E-state index >= 15 is 0 Å². The van der Waals surface area contributed by atoms with Gasteiger partial charge in [-0.25, -0.2) is 0 Å². The quantitative estimate of drug-likeness (QED) is 0.609. The summed E-state index contributed by atoms with van der Waals surface area (Å²) >= 11 is 6.01. The Labute approximate surface area is 158 Å². The van der Waals surface area contributed by atoms with Crippen LogP contribution in [0.5, 0.6) is 0 Å². The van der Waals surface area contributed by atoms with Crippen LogP contribution in [0.4, 0.5) is 0 Å². The predicted molar refractivity (Wildman–Crippen MR) is 107 cm³/mol. The molecule has 0 spiro atoms. The number of hydrogen-bond donors (Lipinski definition) is 0. The van der Waals surface area contributed by atoms with Gasteiger partial charge in [-0.3, -0.25) is 4.98 Å². The van der Waals surface area contributed by atoms with E-state index in [0.29, 0.717) is 0 Å². The first kappa shape index (κ1) is 17.0. The molecule has 1 aliphatic heterocycles. The van der Waals surface area contributed by atoms with Crippen LogP contribution in [0.25, 0.3) is 10.9 Å². The van der Waals surface area contributed by atoms with Crippen molar-refractivity contribution in [3.8, 4) is 0 Å². The molecule has 0 fully saturated rings. The zero-order valence-electron chi connectivity index (χ0n) is 15.2. The molecule has 0 aliphatic carbocycles. The first-order valence-electron chi connectivity index (χ1n) is 8.80. The van der Waals surface area contributed by atoms with Crippen molar-refractivity contribution in [2.24, 2.45) is 10.6 Å². The number of oxime groups is 1. The molecule has 1 aromatic heterocycles. The number of fused-ring (bicyclic) bond motifs is 1. The van der Waals surface area contributed by atoms with Gasteiger partial charge >= 0.3 is 0 Å². The van der Waals surface area contributed by atoms with Crippen molar-refractivity contribution >= 4 is 28.2 Å². The summed E-state index contributed by atoms with van der Waals surface area (Å²) in [6.45, 7) is 6.47. The molecule has 0 saturated carbocycles. The van der Waals surface area contributed by atoms with Gasteiger partial charge in [0.15, 0.2) is 0 Å². The molecule has 0 amide bonds. The summed E-state index contributed by atoms with van der Waals surface area (Å²) in [6, 6.07) is 18.2. The molecular weight excluding hydrogens is 344 g/mol.